The van der Waals surface area contributed by atoms with Crippen LogP contribution < -0.4 is 0 Å². The second-order valence-electron chi connectivity index (χ2n) is 9.49. The Bertz CT molecular complexity index is 428. The Morgan fingerprint density at radius 2 is 0.800 bits per heavy atom. The molecule has 3 nitrogen and oxygen atoms in total. The average Bonchev–Trinajstić information content (AvgIpc) is 2.66. The number of hydrogen-bond donors (Lipinski definition) is 3. The van der Waals surface area contributed by atoms with E-state index in [1.165, 1.54) is 101 Å². The highest BCUT2D eigenvalue weighted by atomic mass is 31.2. The normalized spacial score (nSPS) is 11.3. The van der Waals surface area contributed by atoms with E-state index in [2.05, 4.69) is 52.0 Å². The van der Waals surface area contributed by atoms with Gasteiger partial charge in [0.05, 0.1) is 0 Å². The molecule has 0 atom stereocenters. The van der Waals surface area contributed by atoms with Gasteiger partial charge in [0.15, 0.2) is 0 Å². The molecule has 0 amide bonds. The van der Waals surface area contributed by atoms with Crippen molar-refractivity contribution in [2.45, 2.75) is 118 Å². The summed E-state index contributed by atoms with van der Waals surface area (Å²) in [5, 5.41) is 0. The summed E-state index contributed by atoms with van der Waals surface area (Å²) in [4.78, 5) is 21.7. The molecule has 3 N–H and O–H groups in total. The van der Waals surface area contributed by atoms with E-state index in [1.807, 2.05) is 0 Å². The first-order valence-corrected chi connectivity index (χ1v) is 13.5. The van der Waals surface area contributed by atoms with Gasteiger partial charge in [0, 0.05) is 0 Å². The molecule has 0 spiro atoms. The van der Waals surface area contributed by atoms with E-state index in [0.717, 1.165) is 11.8 Å². The lowest BCUT2D eigenvalue weighted by atomic mass is 10.00. The molecule has 0 aliphatic heterocycles. The minimum absolute atomic E-state index is 0.874. The lowest BCUT2D eigenvalue weighted by Gasteiger charge is -2.06. The molecule has 1 aromatic carbocycles. The Morgan fingerprint density at radius 1 is 0.533 bits per heavy atom. The van der Waals surface area contributed by atoms with Gasteiger partial charge < -0.3 is 14.7 Å². The summed E-state index contributed by atoms with van der Waals surface area (Å²) in [6.45, 7) is 9.32. The van der Waals surface area contributed by atoms with Crippen LogP contribution >= 0.6 is 8.60 Å². The predicted octanol–water partition coefficient (Wildman–Crippen LogP) is 7.96. The molecule has 0 aliphatic carbocycles. The van der Waals surface area contributed by atoms with Crippen LogP contribution in [0.15, 0.2) is 24.3 Å². The first-order valence-electron chi connectivity index (χ1n) is 12.3. The van der Waals surface area contributed by atoms with Gasteiger partial charge in [-0.05, 0) is 48.6 Å². The van der Waals surface area contributed by atoms with Crippen LogP contribution in [0.5, 0.6) is 0 Å². The molecule has 0 saturated heterocycles. The zero-order valence-electron chi connectivity index (χ0n) is 20.2. The van der Waals surface area contributed by atoms with Gasteiger partial charge in [-0.25, -0.2) is 0 Å². The maximum atomic E-state index is 7.23. The standard InChI is InChI=1S/C26H46.H3O3P/c1-23(2)15-11-7-5-9-13-17-25-19-21-26(22-20-25)18-14-10-6-8-12-16-24(3)4;1-4(2)3/h19-24H,5-18H2,1-4H3;1-3H. The third-order valence-electron chi connectivity index (χ3n) is 5.52. The van der Waals surface area contributed by atoms with Crippen molar-refractivity contribution in [2.75, 3.05) is 0 Å². The second kappa shape index (κ2) is 20.4. The minimum atomic E-state index is -2.62. The van der Waals surface area contributed by atoms with Crippen LogP contribution in [0.4, 0.5) is 0 Å². The van der Waals surface area contributed by atoms with Crippen molar-refractivity contribution in [1.29, 1.82) is 0 Å². The second-order valence-corrected chi connectivity index (χ2v) is 10.0. The van der Waals surface area contributed by atoms with Crippen LogP contribution in [0.2, 0.25) is 0 Å². The van der Waals surface area contributed by atoms with Gasteiger partial charge in [0.2, 0.25) is 0 Å². The summed E-state index contributed by atoms with van der Waals surface area (Å²) in [5.74, 6) is 1.75. The molecule has 30 heavy (non-hydrogen) atoms. The largest absolute Gasteiger partial charge is 0.328 e. The topological polar surface area (TPSA) is 60.7 Å². The lowest BCUT2D eigenvalue weighted by Crippen LogP contribution is -1.91. The highest BCUT2D eigenvalue weighted by molar-refractivity contribution is 7.38. The Labute approximate surface area is 188 Å². The average molecular weight is 441 g/mol. The molecule has 0 saturated carbocycles. The fraction of sp³-hybridized carbons (Fsp3) is 0.769. The van der Waals surface area contributed by atoms with E-state index in [-0.39, 0.29) is 0 Å². The SMILES string of the molecule is CC(C)CCCCCCCc1ccc(CCCCCCCC(C)C)cc1.OP(O)O. The Balaban J connectivity index is 0.00000192. The van der Waals surface area contributed by atoms with E-state index in [4.69, 9.17) is 14.7 Å². The van der Waals surface area contributed by atoms with Gasteiger partial charge >= 0.3 is 8.60 Å². The Morgan fingerprint density at radius 3 is 1.10 bits per heavy atom. The molecule has 0 radical (unpaired) electrons. The molecule has 0 bridgehead atoms. The van der Waals surface area contributed by atoms with Gasteiger partial charge in [-0.2, -0.15) is 0 Å². The third kappa shape index (κ3) is 22.2. The summed E-state index contributed by atoms with van der Waals surface area (Å²) in [5.41, 5.74) is 3.06. The van der Waals surface area contributed by atoms with Crippen molar-refractivity contribution in [3.8, 4) is 0 Å². The van der Waals surface area contributed by atoms with E-state index in [1.54, 1.807) is 0 Å². The summed E-state index contributed by atoms with van der Waals surface area (Å²) in [6.07, 6.45) is 19.4. The summed E-state index contributed by atoms with van der Waals surface area (Å²) >= 11 is 0. The van der Waals surface area contributed by atoms with Crippen molar-refractivity contribution in [2.24, 2.45) is 11.8 Å². The molecule has 0 unspecified atom stereocenters. The third-order valence-corrected chi connectivity index (χ3v) is 5.52. The smallest absolute Gasteiger partial charge is 0.324 e. The number of rotatable bonds is 16. The van der Waals surface area contributed by atoms with Gasteiger partial charge in [-0.1, -0.05) is 116 Å². The van der Waals surface area contributed by atoms with Crippen molar-refractivity contribution >= 4 is 8.60 Å². The molecule has 0 aromatic heterocycles. The number of hydrogen-bond acceptors (Lipinski definition) is 3. The fourth-order valence-corrected chi connectivity index (χ4v) is 3.70. The molecule has 0 fully saturated rings. The Kier molecular flexibility index (Phi) is 20.1. The van der Waals surface area contributed by atoms with Gasteiger partial charge in [-0.15, -0.1) is 0 Å². The molecule has 4 heteroatoms. The van der Waals surface area contributed by atoms with Crippen LogP contribution in [0.1, 0.15) is 116 Å². The summed E-state index contributed by atoms with van der Waals surface area (Å²) < 4.78 is 0. The van der Waals surface area contributed by atoms with Crippen LogP contribution in [-0.2, 0) is 12.8 Å². The zero-order chi connectivity index (χ0) is 22.6. The van der Waals surface area contributed by atoms with Crippen molar-refractivity contribution in [3.05, 3.63) is 35.4 Å². The molecule has 0 aliphatic rings. The maximum absolute atomic E-state index is 7.23. The zero-order valence-corrected chi connectivity index (χ0v) is 21.0. The van der Waals surface area contributed by atoms with Crippen LogP contribution in [0.3, 0.4) is 0 Å². The molecular formula is C26H49O3P. The number of unbranched alkanes of at least 4 members (excludes halogenated alkanes) is 8. The predicted molar refractivity (Wildman–Crippen MR) is 133 cm³/mol. The van der Waals surface area contributed by atoms with Crippen molar-refractivity contribution < 1.29 is 14.7 Å². The van der Waals surface area contributed by atoms with Gasteiger partial charge in [-0.3, -0.25) is 0 Å². The monoisotopic (exact) mass is 440 g/mol. The number of aryl methyl sites for hydroxylation is 2. The van der Waals surface area contributed by atoms with E-state index >= 15 is 0 Å². The molecule has 0 heterocycles. The van der Waals surface area contributed by atoms with Gasteiger partial charge in [0.1, 0.15) is 0 Å². The first-order chi connectivity index (χ1) is 14.3. The molecule has 1 rings (SSSR count). The summed E-state index contributed by atoms with van der Waals surface area (Å²) in [6, 6.07) is 9.49. The van der Waals surface area contributed by atoms with E-state index in [0.29, 0.717) is 0 Å². The van der Waals surface area contributed by atoms with E-state index in [9.17, 15) is 0 Å². The van der Waals surface area contributed by atoms with Crippen molar-refractivity contribution in [3.63, 3.8) is 0 Å². The molecule has 1 aromatic rings. The van der Waals surface area contributed by atoms with Crippen LogP contribution in [0, 0.1) is 11.8 Å². The van der Waals surface area contributed by atoms with E-state index < -0.39 is 8.60 Å². The van der Waals surface area contributed by atoms with Crippen LogP contribution in [0.25, 0.3) is 0 Å². The Hall–Kier alpha value is -0.470. The minimum Gasteiger partial charge on any atom is -0.328 e. The van der Waals surface area contributed by atoms with Crippen LogP contribution in [-0.4, -0.2) is 14.7 Å². The highest BCUT2D eigenvalue weighted by Gasteiger charge is 1.99. The lowest BCUT2D eigenvalue weighted by molar-refractivity contribution is 0.368. The summed E-state index contributed by atoms with van der Waals surface area (Å²) in [7, 11) is -2.62. The highest BCUT2D eigenvalue weighted by Crippen LogP contribution is 2.15. The fourth-order valence-electron chi connectivity index (χ4n) is 3.70. The molecule has 176 valence electrons. The quantitative estimate of drug-likeness (QED) is 0.180. The molecular weight excluding hydrogens is 391 g/mol. The maximum Gasteiger partial charge on any atom is 0.324 e. The van der Waals surface area contributed by atoms with Gasteiger partial charge in [0.25, 0.3) is 0 Å². The first kappa shape index (κ1) is 29.5. The number of benzene rings is 1. The van der Waals surface area contributed by atoms with Crippen molar-refractivity contribution in [1.82, 2.24) is 0 Å².